The van der Waals surface area contributed by atoms with E-state index >= 15 is 0 Å². The van der Waals surface area contributed by atoms with Crippen molar-refractivity contribution in [1.82, 2.24) is 0 Å². The fraction of sp³-hybridized carbons (Fsp3) is 0.125. The quantitative estimate of drug-likeness (QED) is 0.824. The molecular formula is C16H15N3O3. The third-order valence-corrected chi connectivity index (χ3v) is 2.86. The molecule has 0 radical (unpaired) electrons. The van der Waals surface area contributed by atoms with Gasteiger partial charge < -0.3 is 20.5 Å². The number of hydrogen-bond donors (Lipinski definition) is 2. The predicted molar refractivity (Wildman–Crippen MR) is 82.7 cm³/mol. The van der Waals surface area contributed by atoms with Gasteiger partial charge in [-0.2, -0.15) is 5.26 Å². The number of amides is 1. The van der Waals surface area contributed by atoms with Crippen LogP contribution in [0, 0.1) is 11.3 Å². The monoisotopic (exact) mass is 297 g/mol. The Bertz CT molecular complexity index is 723. The molecule has 0 aliphatic carbocycles. The Morgan fingerprint density at radius 2 is 2.05 bits per heavy atom. The second-order valence-corrected chi connectivity index (χ2v) is 4.40. The van der Waals surface area contributed by atoms with Crippen molar-refractivity contribution < 1.29 is 14.3 Å². The molecule has 0 unspecified atom stereocenters. The van der Waals surface area contributed by atoms with Crippen LogP contribution in [0.4, 0.5) is 11.4 Å². The first-order valence-corrected chi connectivity index (χ1v) is 6.49. The van der Waals surface area contributed by atoms with Gasteiger partial charge in [-0.15, -0.1) is 0 Å². The zero-order valence-corrected chi connectivity index (χ0v) is 12.0. The SMILES string of the molecule is COc1ccc(N)cc1NC(=O)COc1ccccc1C#N. The molecule has 0 bridgehead atoms. The number of nitrogen functional groups attached to an aromatic ring is 1. The first-order valence-electron chi connectivity index (χ1n) is 6.49. The largest absolute Gasteiger partial charge is 0.495 e. The average Bonchev–Trinajstić information content (AvgIpc) is 2.53. The topological polar surface area (TPSA) is 97.4 Å². The van der Waals surface area contributed by atoms with Crippen LogP contribution in [0.25, 0.3) is 0 Å². The highest BCUT2D eigenvalue weighted by molar-refractivity contribution is 5.94. The molecule has 0 aliphatic heterocycles. The van der Waals surface area contributed by atoms with E-state index in [1.165, 1.54) is 7.11 Å². The first-order chi connectivity index (χ1) is 10.6. The number of anilines is 2. The van der Waals surface area contributed by atoms with Crippen molar-refractivity contribution in [3.05, 3.63) is 48.0 Å². The maximum absolute atomic E-state index is 11.9. The summed E-state index contributed by atoms with van der Waals surface area (Å²) in [6, 6.07) is 13.6. The number of ether oxygens (including phenoxy) is 2. The Labute approximate surface area is 128 Å². The molecular weight excluding hydrogens is 282 g/mol. The lowest BCUT2D eigenvalue weighted by Gasteiger charge is -2.12. The number of nitrogens with one attached hydrogen (secondary N) is 1. The summed E-state index contributed by atoms with van der Waals surface area (Å²) in [6.45, 7) is -0.226. The third kappa shape index (κ3) is 3.67. The number of nitriles is 1. The number of carbonyl (C=O) groups is 1. The molecule has 22 heavy (non-hydrogen) atoms. The molecule has 112 valence electrons. The lowest BCUT2D eigenvalue weighted by Crippen LogP contribution is -2.20. The lowest BCUT2D eigenvalue weighted by atomic mass is 10.2. The minimum atomic E-state index is -0.378. The second-order valence-electron chi connectivity index (χ2n) is 4.40. The molecule has 0 fully saturated rings. The van der Waals surface area contributed by atoms with Gasteiger partial charge in [-0.1, -0.05) is 12.1 Å². The highest BCUT2D eigenvalue weighted by atomic mass is 16.5. The summed E-state index contributed by atoms with van der Waals surface area (Å²) in [6.07, 6.45) is 0. The number of nitrogens with two attached hydrogens (primary N) is 1. The molecule has 3 N–H and O–H groups in total. The van der Waals surface area contributed by atoms with Crippen molar-refractivity contribution in [2.75, 3.05) is 24.8 Å². The number of nitrogens with zero attached hydrogens (tertiary/aromatic N) is 1. The Morgan fingerprint density at radius 1 is 1.27 bits per heavy atom. The normalized spacial score (nSPS) is 9.64. The van der Waals surface area contributed by atoms with Crippen LogP contribution in [0.3, 0.4) is 0 Å². The van der Waals surface area contributed by atoms with Gasteiger partial charge in [0.15, 0.2) is 6.61 Å². The molecule has 6 nitrogen and oxygen atoms in total. The lowest BCUT2D eigenvalue weighted by molar-refractivity contribution is -0.118. The molecule has 0 saturated heterocycles. The molecule has 2 aromatic carbocycles. The molecule has 2 aromatic rings. The van der Waals surface area contributed by atoms with Crippen LogP contribution >= 0.6 is 0 Å². The summed E-state index contributed by atoms with van der Waals surface area (Å²) in [4.78, 5) is 11.9. The summed E-state index contributed by atoms with van der Waals surface area (Å²) >= 11 is 0. The van der Waals surface area contributed by atoms with Crippen LogP contribution in [0.15, 0.2) is 42.5 Å². The number of para-hydroxylation sites is 1. The van der Waals surface area contributed by atoms with Crippen molar-refractivity contribution in [2.24, 2.45) is 0 Å². The van der Waals surface area contributed by atoms with Gasteiger partial charge in [-0.3, -0.25) is 4.79 Å². The smallest absolute Gasteiger partial charge is 0.262 e. The van der Waals surface area contributed by atoms with E-state index in [0.717, 1.165) is 0 Å². The van der Waals surface area contributed by atoms with E-state index in [2.05, 4.69) is 5.32 Å². The molecule has 0 heterocycles. The summed E-state index contributed by atoms with van der Waals surface area (Å²) in [5.41, 5.74) is 7.03. The van der Waals surface area contributed by atoms with Crippen molar-refractivity contribution >= 4 is 17.3 Å². The van der Waals surface area contributed by atoms with Crippen LogP contribution in [-0.2, 0) is 4.79 Å². The zero-order valence-electron chi connectivity index (χ0n) is 12.0. The van der Waals surface area contributed by atoms with Gasteiger partial charge in [0.05, 0.1) is 18.4 Å². The van der Waals surface area contributed by atoms with Gasteiger partial charge in [0, 0.05) is 5.69 Å². The number of hydrogen-bond acceptors (Lipinski definition) is 5. The maximum Gasteiger partial charge on any atom is 0.262 e. The summed E-state index contributed by atoms with van der Waals surface area (Å²) in [7, 11) is 1.50. The Balaban J connectivity index is 2.02. The van der Waals surface area contributed by atoms with Crippen LogP contribution in [0.5, 0.6) is 11.5 Å². The molecule has 0 spiro atoms. The number of benzene rings is 2. The maximum atomic E-state index is 11.9. The predicted octanol–water partition coefficient (Wildman–Crippen LogP) is 2.17. The molecule has 0 saturated carbocycles. The van der Waals surface area contributed by atoms with E-state index in [-0.39, 0.29) is 12.5 Å². The molecule has 2 rings (SSSR count). The van der Waals surface area contributed by atoms with Crippen molar-refractivity contribution in [3.8, 4) is 17.6 Å². The minimum absolute atomic E-state index is 0.226. The highest BCUT2D eigenvalue weighted by Gasteiger charge is 2.10. The van der Waals surface area contributed by atoms with E-state index in [9.17, 15) is 4.79 Å². The van der Waals surface area contributed by atoms with Crippen LogP contribution in [-0.4, -0.2) is 19.6 Å². The standard InChI is InChI=1S/C16H15N3O3/c1-21-15-7-6-12(18)8-13(15)19-16(20)10-22-14-5-3-2-4-11(14)9-17/h2-8H,10,18H2,1H3,(H,19,20). The first kappa shape index (κ1) is 15.2. The molecule has 0 aromatic heterocycles. The fourth-order valence-electron chi connectivity index (χ4n) is 1.84. The Hall–Kier alpha value is -3.20. The van der Waals surface area contributed by atoms with Gasteiger partial charge >= 0.3 is 0 Å². The Kier molecular flexibility index (Phi) is 4.83. The van der Waals surface area contributed by atoms with Gasteiger partial charge in [-0.25, -0.2) is 0 Å². The molecule has 6 heteroatoms. The average molecular weight is 297 g/mol. The van der Waals surface area contributed by atoms with Crippen LogP contribution < -0.4 is 20.5 Å². The molecule has 0 atom stereocenters. The highest BCUT2D eigenvalue weighted by Crippen LogP contribution is 2.26. The summed E-state index contributed by atoms with van der Waals surface area (Å²) in [5, 5.41) is 11.6. The van der Waals surface area contributed by atoms with E-state index < -0.39 is 0 Å². The van der Waals surface area contributed by atoms with Crippen molar-refractivity contribution in [2.45, 2.75) is 0 Å². The summed E-state index contributed by atoms with van der Waals surface area (Å²) < 4.78 is 10.5. The van der Waals surface area contributed by atoms with Crippen LogP contribution in [0.1, 0.15) is 5.56 Å². The number of carbonyl (C=O) groups excluding carboxylic acids is 1. The van der Waals surface area contributed by atoms with E-state index in [4.69, 9.17) is 20.5 Å². The van der Waals surface area contributed by atoms with Crippen LogP contribution in [0.2, 0.25) is 0 Å². The zero-order chi connectivity index (χ0) is 15.9. The van der Waals surface area contributed by atoms with Gasteiger partial charge in [0.2, 0.25) is 0 Å². The van der Waals surface area contributed by atoms with Gasteiger partial charge in [-0.05, 0) is 30.3 Å². The fourth-order valence-corrected chi connectivity index (χ4v) is 1.84. The van der Waals surface area contributed by atoms with E-state index in [1.807, 2.05) is 6.07 Å². The van der Waals surface area contributed by atoms with E-state index in [1.54, 1.807) is 42.5 Å². The van der Waals surface area contributed by atoms with Gasteiger partial charge in [0.1, 0.15) is 17.6 Å². The minimum Gasteiger partial charge on any atom is -0.495 e. The third-order valence-electron chi connectivity index (χ3n) is 2.86. The van der Waals surface area contributed by atoms with E-state index in [0.29, 0.717) is 28.4 Å². The van der Waals surface area contributed by atoms with Crippen molar-refractivity contribution in [1.29, 1.82) is 5.26 Å². The van der Waals surface area contributed by atoms with Gasteiger partial charge in [0.25, 0.3) is 5.91 Å². The Morgan fingerprint density at radius 3 is 2.77 bits per heavy atom. The number of rotatable bonds is 5. The number of methoxy groups -OCH3 is 1. The molecule has 0 aliphatic rings. The second kappa shape index (κ2) is 6.99. The van der Waals surface area contributed by atoms with Crippen molar-refractivity contribution in [3.63, 3.8) is 0 Å². The summed E-state index contributed by atoms with van der Waals surface area (Å²) in [5.74, 6) is 0.483. The molecule has 1 amide bonds.